The predicted octanol–water partition coefficient (Wildman–Crippen LogP) is 3.46. The van der Waals surface area contributed by atoms with Crippen molar-refractivity contribution in [2.24, 2.45) is 0 Å². The summed E-state index contributed by atoms with van der Waals surface area (Å²) in [5.74, 6) is 1.69. The van der Waals surface area contributed by atoms with E-state index in [9.17, 15) is 0 Å². The number of nitrogens with one attached hydrogen (secondary N) is 1. The molecule has 0 bridgehead atoms. The molecule has 0 saturated carbocycles. The minimum atomic E-state index is 0.729. The van der Waals surface area contributed by atoms with Crippen LogP contribution in [0.15, 0.2) is 30.6 Å². The fourth-order valence-corrected chi connectivity index (χ4v) is 2.36. The van der Waals surface area contributed by atoms with Gasteiger partial charge in [0, 0.05) is 44.3 Å². The first-order chi connectivity index (χ1) is 11.2. The number of aromatic nitrogens is 3. The second-order valence-corrected chi connectivity index (χ2v) is 5.85. The summed E-state index contributed by atoms with van der Waals surface area (Å²) in [6.45, 7) is 6.06. The van der Waals surface area contributed by atoms with E-state index in [2.05, 4.69) is 51.3 Å². The number of anilines is 2. The number of unbranched alkanes of at least 4 members (excludes halogenated alkanes) is 2. The van der Waals surface area contributed by atoms with Gasteiger partial charge in [-0.1, -0.05) is 19.8 Å². The molecule has 2 heterocycles. The topological polar surface area (TPSA) is 53.9 Å². The van der Waals surface area contributed by atoms with Gasteiger partial charge in [-0.25, -0.2) is 4.98 Å². The Balaban J connectivity index is 1.93. The zero-order valence-corrected chi connectivity index (χ0v) is 14.4. The summed E-state index contributed by atoms with van der Waals surface area (Å²) < 4.78 is 0. The maximum atomic E-state index is 4.63. The summed E-state index contributed by atoms with van der Waals surface area (Å²) in [5.41, 5.74) is 2.28. The standard InChI is InChI=1S/C18H27N5/c1-4-5-6-10-20-18-21-15(2)14-17(22-18)23(3)13-9-16-7-11-19-12-8-16/h7-8,11-12,14H,4-6,9-10,13H2,1-3H3,(H,20,21,22). The van der Waals surface area contributed by atoms with Gasteiger partial charge in [0.2, 0.25) is 5.95 Å². The molecule has 0 aliphatic carbocycles. The monoisotopic (exact) mass is 313 g/mol. The number of aryl methyl sites for hydroxylation is 1. The zero-order chi connectivity index (χ0) is 16.5. The van der Waals surface area contributed by atoms with E-state index in [1.165, 1.54) is 18.4 Å². The number of hydrogen-bond acceptors (Lipinski definition) is 5. The minimum Gasteiger partial charge on any atom is -0.359 e. The Labute approximate surface area is 139 Å². The molecule has 2 rings (SSSR count). The van der Waals surface area contributed by atoms with E-state index in [0.717, 1.165) is 43.4 Å². The molecular weight excluding hydrogens is 286 g/mol. The first-order valence-electron chi connectivity index (χ1n) is 8.38. The van der Waals surface area contributed by atoms with E-state index in [1.54, 1.807) is 0 Å². The molecule has 2 aromatic heterocycles. The van der Waals surface area contributed by atoms with Gasteiger partial charge in [0.15, 0.2) is 0 Å². The Morgan fingerprint density at radius 3 is 2.65 bits per heavy atom. The summed E-state index contributed by atoms with van der Waals surface area (Å²) in [4.78, 5) is 15.3. The van der Waals surface area contributed by atoms with Crippen molar-refractivity contribution in [1.29, 1.82) is 0 Å². The Hall–Kier alpha value is -2.17. The van der Waals surface area contributed by atoms with Crippen molar-refractivity contribution in [2.75, 3.05) is 30.4 Å². The van der Waals surface area contributed by atoms with E-state index in [-0.39, 0.29) is 0 Å². The van der Waals surface area contributed by atoms with Crippen LogP contribution >= 0.6 is 0 Å². The maximum Gasteiger partial charge on any atom is 0.224 e. The van der Waals surface area contributed by atoms with Gasteiger partial charge in [-0.2, -0.15) is 4.98 Å². The van der Waals surface area contributed by atoms with E-state index >= 15 is 0 Å². The highest BCUT2D eigenvalue weighted by Gasteiger charge is 2.07. The zero-order valence-electron chi connectivity index (χ0n) is 14.4. The lowest BCUT2D eigenvalue weighted by Gasteiger charge is -2.19. The van der Waals surface area contributed by atoms with Gasteiger partial charge in [0.05, 0.1) is 0 Å². The molecule has 0 saturated heterocycles. The molecule has 0 aliphatic rings. The molecule has 23 heavy (non-hydrogen) atoms. The number of rotatable bonds is 9. The van der Waals surface area contributed by atoms with Crippen LogP contribution < -0.4 is 10.2 Å². The van der Waals surface area contributed by atoms with Crippen molar-refractivity contribution in [1.82, 2.24) is 15.0 Å². The average Bonchev–Trinajstić information content (AvgIpc) is 2.57. The fraction of sp³-hybridized carbons (Fsp3) is 0.500. The van der Waals surface area contributed by atoms with Gasteiger partial charge in [0.1, 0.15) is 5.82 Å². The van der Waals surface area contributed by atoms with Crippen molar-refractivity contribution in [3.63, 3.8) is 0 Å². The molecule has 0 aliphatic heterocycles. The summed E-state index contributed by atoms with van der Waals surface area (Å²) in [5, 5.41) is 3.33. The van der Waals surface area contributed by atoms with Crippen LogP contribution in [0.4, 0.5) is 11.8 Å². The first kappa shape index (κ1) is 17.2. The lowest BCUT2D eigenvalue weighted by Crippen LogP contribution is -2.22. The molecule has 0 radical (unpaired) electrons. The van der Waals surface area contributed by atoms with Crippen molar-refractivity contribution < 1.29 is 0 Å². The smallest absolute Gasteiger partial charge is 0.224 e. The van der Waals surface area contributed by atoms with Gasteiger partial charge in [-0.05, 0) is 37.5 Å². The van der Waals surface area contributed by atoms with E-state index in [0.29, 0.717) is 0 Å². The number of hydrogen-bond donors (Lipinski definition) is 1. The van der Waals surface area contributed by atoms with Crippen LogP contribution in [0.25, 0.3) is 0 Å². The number of pyridine rings is 1. The molecule has 124 valence electrons. The number of nitrogens with zero attached hydrogens (tertiary/aromatic N) is 4. The molecular formula is C18H27N5. The minimum absolute atomic E-state index is 0.729. The normalized spacial score (nSPS) is 10.6. The third-order valence-electron chi connectivity index (χ3n) is 3.78. The van der Waals surface area contributed by atoms with Gasteiger partial charge in [0.25, 0.3) is 0 Å². The Bertz CT molecular complexity index is 585. The van der Waals surface area contributed by atoms with Gasteiger partial charge < -0.3 is 10.2 Å². The summed E-state index contributed by atoms with van der Waals surface area (Å²) >= 11 is 0. The molecule has 0 aromatic carbocycles. The van der Waals surface area contributed by atoms with Crippen molar-refractivity contribution >= 4 is 11.8 Å². The third-order valence-corrected chi connectivity index (χ3v) is 3.78. The highest BCUT2D eigenvalue weighted by atomic mass is 15.2. The van der Waals surface area contributed by atoms with Crippen LogP contribution in [0, 0.1) is 6.92 Å². The first-order valence-corrected chi connectivity index (χ1v) is 8.38. The lowest BCUT2D eigenvalue weighted by atomic mass is 10.2. The van der Waals surface area contributed by atoms with E-state index < -0.39 is 0 Å². The quantitative estimate of drug-likeness (QED) is 0.719. The molecule has 1 N–H and O–H groups in total. The summed E-state index contributed by atoms with van der Waals surface area (Å²) in [7, 11) is 2.07. The highest BCUT2D eigenvalue weighted by molar-refractivity contribution is 5.44. The van der Waals surface area contributed by atoms with Crippen LogP contribution in [0.1, 0.15) is 37.4 Å². The molecule has 5 heteroatoms. The lowest BCUT2D eigenvalue weighted by molar-refractivity contribution is 0.739. The van der Waals surface area contributed by atoms with E-state index in [4.69, 9.17) is 0 Å². The highest BCUT2D eigenvalue weighted by Crippen LogP contribution is 2.14. The molecule has 2 aromatic rings. The maximum absolute atomic E-state index is 4.63. The predicted molar refractivity (Wildman–Crippen MR) is 96.0 cm³/mol. The summed E-state index contributed by atoms with van der Waals surface area (Å²) in [6, 6.07) is 6.14. The van der Waals surface area contributed by atoms with Crippen molar-refractivity contribution in [3.8, 4) is 0 Å². The molecule has 0 fully saturated rings. The van der Waals surface area contributed by atoms with Crippen LogP contribution in [0.5, 0.6) is 0 Å². The molecule has 0 atom stereocenters. The third kappa shape index (κ3) is 5.85. The Morgan fingerprint density at radius 2 is 1.91 bits per heavy atom. The number of likely N-dealkylation sites (N-methyl/N-ethyl adjacent to an activating group) is 1. The van der Waals surface area contributed by atoms with E-state index in [1.807, 2.05) is 25.4 Å². The molecule has 5 nitrogen and oxygen atoms in total. The van der Waals surface area contributed by atoms with Crippen LogP contribution in [0.3, 0.4) is 0 Å². The fourth-order valence-electron chi connectivity index (χ4n) is 2.36. The molecule has 0 spiro atoms. The van der Waals surface area contributed by atoms with Gasteiger partial charge >= 0.3 is 0 Å². The Kier molecular flexibility index (Phi) is 6.78. The molecule has 0 amide bonds. The van der Waals surface area contributed by atoms with Gasteiger partial charge in [-0.15, -0.1) is 0 Å². The van der Waals surface area contributed by atoms with Crippen molar-refractivity contribution in [2.45, 2.75) is 39.5 Å². The summed E-state index contributed by atoms with van der Waals surface area (Å²) in [6.07, 6.45) is 8.25. The van der Waals surface area contributed by atoms with Crippen LogP contribution in [-0.2, 0) is 6.42 Å². The largest absolute Gasteiger partial charge is 0.359 e. The average molecular weight is 313 g/mol. The van der Waals surface area contributed by atoms with Crippen LogP contribution in [-0.4, -0.2) is 35.1 Å². The van der Waals surface area contributed by atoms with Crippen molar-refractivity contribution in [3.05, 3.63) is 41.9 Å². The second-order valence-electron chi connectivity index (χ2n) is 5.85. The van der Waals surface area contributed by atoms with Gasteiger partial charge in [-0.3, -0.25) is 4.98 Å². The molecule has 0 unspecified atom stereocenters. The SMILES string of the molecule is CCCCCNc1nc(C)cc(N(C)CCc2ccncc2)n1. The Morgan fingerprint density at radius 1 is 1.13 bits per heavy atom. The van der Waals surface area contributed by atoms with Crippen LogP contribution in [0.2, 0.25) is 0 Å². The second kappa shape index (κ2) is 9.08.